The highest BCUT2D eigenvalue weighted by Crippen LogP contribution is 2.17. The normalized spacial score (nSPS) is 11.8. The summed E-state index contributed by atoms with van der Waals surface area (Å²) >= 11 is 1.48. The Labute approximate surface area is 130 Å². The topological polar surface area (TPSA) is 102 Å². The van der Waals surface area contributed by atoms with E-state index in [1.165, 1.54) is 51.5 Å². The molecular formula is C12H12N5O3S2+. The van der Waals surface area contributed by atoms with Gasteiger partial charge in [0.15, 0.2) is 0 Å². The summed E-state index contributed by atoms with van der Waals surface area (Å²) in [5.41, 5.74) is 1.51. The average molecular weight is 338 g/mol. The van der Waals surface area contributed by atoms with E-state index in [0.717, 1.165) is 10.6 Å². The highest BCUT2D eigenvalue weighted by molar-refractivity contribution is 7.85. The molecule has 0 atom stereocenters. The van der Waals surface area contributed by atoms with Crippen molar-refractivity contribution in [3.8, 4) is 10.8 Å². The SMILES string of the molecule is Cc1nc(-[n+]2ncnn2-c2ccc(S(=O)(=O)O)cc2)sc1C. The van der Waals surface area contributed by atoms with Gasteiger partial charge in [0.05, 0.1) is 4.90 Å². The van der Waals surface area contributed by atoms with Crippen molar-refractivity contribution in [1.29, 1.82) is 0 Å². The molecule has 0 aliphatic carbocycles. The smallest absolute Gasteiger partial charge is 0.282 e. The van der Waals surface area contributed by atoms with Crippen LogP contribution in [0.15, 0.2) is 35.5 Å². The Hall–Kier alpha value is -2.17. The molecule has 0 fully saturated rings. The van der Waals surface area contributed by atoms with Gasteiger partial charge in [-0.2, -0.15) is 8.42 Å². The summed E-state index contributed by atoms with van der Waals surface area (Å²) in [6.45, 7) is 3.89. The first-order valence-corrected chi connectivity index (χ1v) is 8.47. The maximum absolute atomic E-state index is 11.1. The van der Waals surface area contributed by atoms with Crippen molar-refractivity contribution in [3.05, 3.63) is 41.2 Å². The van der Waals surface area contributed by atoms with E-state index in [-0.39, 0.29) is 4.90 Å². The average Bonchev–Trinajstić information content (AvgIpc) is 3.06. The van der Waals surface area contributed by atoms with Gasteiger partial charge in [-0.1, -0.05) is 21.4 Å². The van der Waals surface area contributed by atoms with Gasteiger partial charge in [0.2, 0.25) is 0 Å². The van der Waals surface area contributed by atoms with Gasteiger partial charge in [-0.15, -0.1) is 0 Å². The van der Waals surface area contributed by atoms with Crippen molar-refractivity contribution in [3.63, 3.8) is 0 Å². The van der Waals surface area contributed by atoms with Crippen LogP contribution in [0.2, 0.25) is 0 Å². The zero-order valence-corrected chi connectivity index (χ0v) is 13.3. The van der Waals surface area contributed by atoms with E-state index < -0.39 is 10.1 Å². The van der Waals surface area contributed by atoms with Crippen LogP contribution in [0.3, 0.4) is 0 Å². The quantitative estimate of drug-likeness (QED) is 0.561. The Morgan fingerprint density at radius 2 is 1.91 bits per heavy atom. The minimum Gasteiger partial charge on any atom is -0.282 e. The molecule has 0 amide bonds. The summed E-state index contributed by atoms with van der Waals surface area (Å²) in [5.74, 6) is 0. The fraction of sp³-hybridized carbons (Fsp3) is 0.167. The van der Waals surface area contributed by atoms with Gasteiger partial charge in [-0.3, -0.25) is 4.55 Å². The van der Waals surface area contributed by atoms with Gasteiger partial charge >= 0.3 is 5.13 Å². The molecular weight excluding hydrogens is 326 g/mol. The second-order valence-electron chi connectivity index (χ2n) is 4.53. The van der Waals surface area contributed by atoms with Crippen LogP contribution >= 0.6 is 11.3 Å². The van der Waals surface area contributed by atoms with Gasteiger partial charge in [-0.25, -0.2) is 0 Å². The summed E-state index contributed by atoms with van der Waals surface area (Å²) in [6, 6.07) is 5.66. The molecule has 3 aromatic rings. The number of hydrogen-bond acceptors (Lipinski definition) is 6. The molecule has 1 N–H and O–H groups in total. The first kappa shape index (κ1) is 14.8. The van der Waals surface area contributed by atoms with E-state index in [9.17, 15) is 8.42 Å². The largest absolute Gasteiger partial charge is 0.364 e. The fourth-order valence-corrected chi connectivity index (χ4v) is 3.15. The molecule has 0 aliphatic heterocycles. The van der Waals surface area contributed by atoms with Crippen LogP contribution < -0.4 is 4.80 Å². The van der Waals surface area contributed by atoms with E-state index in [1.807, 2.05) is 13.8 Å². The maximum atomic E-state index is 11.1. The first-order chi connectivity index (χ1) is 10.4. The number of tetrazole rings is 1. The van der Waals surface area contributed by atoms with Crippen LogP contribution in [0, 0.1) is 13.8 Å². The lowest BCUT2D eigenvalue weighted by atomic mass is 10.3. The van der Waals surface area contributed by atoms with Gasteiger partial charge in [-0.05, 0) is 47.7 Å². The van der Waals surface area contributed by atoms with Crippen LogP contribution in [0.4, 0.5) is 0 Å². The lowest BCUT2D eigenvalue weighted by molar-refractivity contribution is -0.734. The molecule has 0 aliphatic rings. The highest BCUT2D eigenvalue weighted by atomic mass is 32.2. The number of nitrogens with zero attached hydrogens (tertiary/aromatic N) is 5. The summed E-state index contributed by atoms with van der Waals surface area (Å²) in [7, 11) is -4.22. The number of rotatable bonds is 3. The summed E-state index contributed by atoms with van der Waals surface area (Å²) in [6.07, 6.45) is 1.38. The van der Waals surface area contributed by atoms with E-state index in [4.69, 9.17) is 4.55 Å². The molecule has 114 valence electrons. The standard InChI is InChI=1S/C12H11N5O3S2/c1-8-9(2)21-12(15-8)17-14-7-13-16(17)10-3-5-11(6-4-10)22(18,19)20/h3-7H,1-2H3/p+1. The van der Waals surface area contributed by atoms with E-state index >= 15 is 0 Å². The highest BCUT2D eigenvalue weighted by Gasteiger charge is 2.20. The van der Waals surface area contributed by atoms with E-state index in [1.54, 1.807) is 0 Å². The Bertz CT molecular complexity index is 909. The number of aryl methyl sites for hydroxylation is 2. The van der Waals surface area contributed by atoms with Crippen molar-refractivity contribution >= 4 is 21.5 Å². The van der Waals surface area contributed by atoms with Crippen molar-refractivity contribution < 1.29 is 17.8 Å². The summed E-state index contributed by atoms with van der Waals surface area (Å²) in [4.78, 5) is 8.34. The molecule has 22 heavy (non-hydrogen) atoms. The summed E-state index contributed by atoms with van der Waals surface area (Å²) < 4.78 is 31.1. The van der Waals surface area contributed by atoms with Crippen molar-refractivity contribution in [2.45, 2.75) is 18.7 Å². The molecule has 0 spiro atoms. The molecule has 2 aromatic heterocycles. The zero-order chi connectivity index (χ0) is 15.9. The van der Waals surface area contributed by atoms with E-state index in [0.29, 0.717) is 10.8 Å². The molecule has 2 heterocycles. The zero-order valence-electron chi connectivity index (χ0n) is 11.7. The maximum Gasteiger partial charge on any atom is 0.364 e. The number of aromatic nitrogens is 5. The van der Waals surface area contributed by atoms with Gasteiger partial charge in [0, 0.05) is 9.98 Å². The van der Waals surface area contributed by atoms with Crippen LogP contribution in [0.25, 0.3) is 10.8 Å². The van der Waals surface area contributed by atoms with Gasteiger partial charge in [0.1, 0.15) is 11.4 Å². The summed E-state index contributed by atoms with van der Waals surface area (Å²) in [5, 5.41) is 8.91. The Balaban J connectivity index is 2.05. The van der Waals surface area contributed by atoms with Crippen molar-refractivity contribution in [2.24, 2.45) is 0 Å². The molecule has 0 unspecified atom stereocenters. The molecule has 0 radical (unpaired) electrons. The number of benzene rings is 1. The molecule has 10 heteroatoms. The van der Waals surface area contributed by atoms with E-state index in [2.05, 4.69) is 15.2 Å². The second kappa shape index (κ2) is 5.23. The molecule has 0 saturated carbocycles. The van der Waals surface area contributed by atoms with Crippen LogP contribution in [0.1, 0.15) is 10.6 Å². The minimum atomic E-state index is -4.22. The van der Waals surface area contributed by atoms with Crippen molar-refractivity contribution in [2.75, 3.05) is 0 Å². The Kier molecular flexibility index (Phi) is 3.51. The molecule has 0 bridgehead atoms. The van der Waals surface area contributed by atoms with Crippen LogP contribution in [0.5, 0.6) is 0 Å². The first-order valence-electron chi connectivity index (χ1n) is 6.21. The van der Waals surface area contributed by atoms with Gasteiger partial charge < -0.3 is 0 Å². The Morgan fingerprint density at radius 3 is 2.45 bits per heavy atom. The van der Waals surface area contributed by atoms with Crippen LogP contribution in [-0.2, 0) is 10.1 Å². The molecule has 0 saturated heterocycles. The third kappa shape index (κ3) is 2.63. The fourth-order valence-electron chi connectivity index (χ4n) is 1.82. The number of hydrogen-bond donors (Lipinski definition) is 1. The number of thiazole rings is 1. The molecule has 3 rings (SSSR count). The van der Waals surface area contributed by atoms with Gasteiger partial charge in [0.25, 0.3) is 16.4 Å². The lowest BCUT2D eigenvalue weighted by Gasteiger charge is -2.00. The third-order valence-electron chi connectivity index (χ3n) is 3.06. The predicted octanol–water partition coefficient (Wildman–Crippen LogP) is 0.864. The minimum absolute atomic E-state index is 0.177. The monoisotopic (exact) mass is 338 g/mol. The van der Waals surface area contributed by atoms with Crippen LogP contribution in [-0.4, -0.2) is 32.9 Å². The molecule has 1 aromatic carbocycles. The lowest BCUT2D eigenvalue weighted by Crippen LogP contribution is -2.43. The molecule has 8 nitrogen and oxygen atoms in total. The second-order valence-corrected chi connectivity index (χ2v) is 7.14. The third-order valence-corrected chi connectivity index (χ3v) is 4.96. The Morgan fingerprint density at radius 1 is 1.23 bits per heavy atom. The van der Waals surface area contributed by atoms with Crippen molar-refractivity contribution in [1.82, 2.24) is 20.0 Å². The predicted molar refractivity (Wildman–Crippen MR) is 77.9 cm³/mol.